The summed E-state index contributed by atoms with van der Waals surface area (Å²) in [5.41, 5.74) is 1.76. The molecule has 2 aliphatic heterocycles. The standard InChI is InChI=1S/C20H29N3O2/c1-5-23-17-9-7-6-8-16(17)20(19(23)25)10-12-22(13-11-20)18(24)14-21(4)15(2)3/h6-9,15H,5,10-14H2,1-4H3. The summed E-state index contributed by atoms with van der Waals surface area (Å²) >= 11 is 0. The number of likely N-dealkylation sites (tertiary alicyclic amines) is 1. The van der Waals surface area contributed by atoms with Crippen LogP contribution in [0.15, 0.2) is 24.3 Å². The number of carbonyl (C=O) groups excluding carboxylic acids is 2. The highest BCUT2D eigenvalue weighted by Gasteiger charge is 2.51. The molecular weight excluding hydrogens is 314 g/mol. The number of hydrogen-bond acceptors (Lipinski definition) is 3. The van der Waals surface area contributed by atoms with E-state index in [9.17, 15) is 9.59 Å². The van der Waals surface area contributed by atoms with Gasteiger partial charge in [-0.1, -0.05) is 18.2 Å². The molecule has 0 saturated carbocycles. The Kier molecular flexibility index (Phi) is 4.87. The molecule has 2 aliphatic rings. The molecule has 0 N–H and O–H groups in total. The Balaban J connectivity index is 1.75. The Bertz CT molecular complexity index is 663. The topological polar surface area (TPSA) is 43.9 Å². The fraction of sp³-hybridized carbons (Fsp3) is 0.600. The van der Waals surface area contributed by atoms with Gasteiger partial charge < -0.3 is 9.80 Å². The molecule has 0 bridgehead atoms. The van der Waals surface area contributed by atoms with Crippen molar-refractivity contribution in [3.8, 4) is 0 Å². The van der Waals surface area contributed by atoms with Crippen LogP contribution in [-0.2, 0) is 15.0 Å². The minimum absolute atomic E-state index is 0.164. The summed E-state index contributed by atoms with van der Waals surface area (Å²) in [5.74, 6) is 0.375. The van der Waals surface area contributed by atoms with Crippen LogP contribution in [0.5, 0.6) is 0 Å². The number of rotatable bonds is 4. The minimum Gasteiger partial charge on any atom is -0.341 e. The van der Waals surface area contributed by atoms with Crippen molar-refractivity contribution in [3.05, 3.63) is 29.8 Å². The molecule has 25 heavy (non-hydrogen) atoms. The van der Waals surface area contributed by atoms with Gasteiger partial charge in [-0.25, -0.2) is 0 Å². The highest BCUT2D eigenvalue weighted by atomic mass is 16.2. The Labute approximate surface area is 150 Å². The number of amides is 2. The first kappa shape index (κ1) is 17.9. The minimum atomic E-state index is -0.437. The van der Waals surface area contributed by atoms with Crippen LogP contribution < -0.4 is 4.90 Å². The van der Waals surface area contributed by atoms with Crippen LogP contribution in [0.25, 0.3) is 0 Å². The van der Waals surface area contributed by atoms with Gasteiger partial charge in [-0.3, -0.25) is 14.5 Å². The van der Waals surface area contributed by atoms with Crippen LogP contribution in [0.2, 0.25) is 0 Å². The van der Waals surface area contributed by atoms with Gasteiger partial charge in [0, 0.05) is 31.4 Å². The summed E-state index contributed by atoms with van der Waals surface area (Å²) in [4.78, 5) is 31.6. The quantitative estimate of drug-likeness (QED) is 0.842. The number of carbonyl (C=O) groups is 2. The van der Waals surface area contributed by atoms with Crippen molar-refractivity contribution < 1.29 is 9.59 Å². The van der Waals surface area contributed by atoms with E-state index >= 15 is 0 Å². The molecule has 0 aromatic heterocycles. The molecule has 0 unspecified atom stereocenters. The Morgan fingerprint density at radius 3 is 2.48 bits per heavy atom. The van der Waals surface area contributed by atoms with E-state index in [0.717, 1.165) is 24.1 Å². The van der Waals surface area contributed by atoms with Gasteiger partial charge in [-0.15, -0.1) is 0 Å². The van der Waals surface area contributed by atoms with E-state index in [1.54, 1.807) is 0 Å². The van der Waals surface area contributed by atoms with Crippen LogP contribution in [0.1, 0.15) is 39.2 Å². The van der Waals surface area contributed by atoms with Gasteiger partial charge in [-0.2, -0.15) is 0 Å². The predicted octanol–water partition coefficient (Wildman–Crippen LogP) is 2.25. The summed E-state index contributed by atoms with van der Waals surface area (Å²) in [6.45, 7) is 8.65. The van der Waals surface area contributed by atoms with E-state index < -0.39 is 5.41 Å². The third-order valence-corrected chi connectivity index (χ3v) is 5.92. The highest BCUT2D eigenvalue weighted by molar-refractivity contribution is 6.08. The third-order valence-electron chi connectivity index (χ3n) is 5.92. The SMILES string of the molecule is CCN1C(=O)C2(CCN(C(=O)CN(C)C(C)C)CC2)c2ccccc21. The van der Waals surface area contributed by atoms with Crippen molar-refractivity contribution in [2.24, 2.45) is 0 Å². The summed E-state index contributed by atoms with van der Waals surface area (Å²) in [6.07, 6.45) is 1.44. The summed E-state index contributed by atoms with van der Waals surface area (Å²) < 4.78 is 0. The normalized spacial score (nSPS) is 19.2. The van der Waals surface area contributed by atoms with Crippen molar-refractivity contribution in [2.45, 2.75) is 45.1 Å². The van der Waals surface area contributed by atoms with Crippen LogP contribution in [0.4, 0.5) is 5.69 Å². The largest absolute Gasteiger partial charge is 0.341 e. The lowest BCUT2D eigenvalue weighted by Crippen LogP contribution is -2.51. The number of benzene rings is 1. The zero-order chi connectivity index (χ0) is 18.2. The first-order valence-corrected chi connectivity index (χ1v) is 9.30. The molecule has 5 heteroatoms. The average molecular weight is 343 g/mol. The van der Waals surface area contributed by atoms with Crippen molar-refractivity contribution >= 4 is 17.5 Å². The molecule has 1 spiro atoms. The second-order valence-electron chi connectivity index (χ2n) is 7.54. The van der Waals surface area contributed by atoms with Gasteiger partial charge in [0.2, 0.25) is 11.8 Å². The number of likely N-dealkylation sites (N-methyl/N-ethyl adjacent to an activating group) is 2. The van der Waals surface area contributed by atoms with Crippen molar-refractivity contribution in [3.63, 3.8) is 0 Å². The first-order chi connectivity index (χ1) is 11.9. The average Bonchev–Trinajstić information content (AvgIpc) is 2.84. The fourth-order valence-corrected chi connectivity index (χ4v) is 4.03. The summed E-state index contributed by atoms with van der Waals surface area (Å²) in [5, 5.41) is 0. The summed E-state index contributed by atoms with van der Waals surface area (Å²) in [6, 6.07) is 8.49. The van der Waals surface area contributed by atoms with E-state index in [-0.39, 0.29) is 11.8 Å². The van der Waals surface area contributed by atoms with Gasteiger partial charge in [0.1, 0.15) is 0 Å². The maximum Gasteiger partial charge on any atom is 0.237 e. The predicted molar refractivity (Wildman–Crippen MR) is 99.7 cm³/mol. The van der Waals surface area contributed by atoms with Gasteiger partial charge in [0.25, 0.3) is 0 Å². The van der Waals surface area contributed by atoms with E-state index in [1.807, 2.05) is 42.0 Å². The van der Waals surface area contributed by atoms with Gasteiger partial charge in [0.05, 0.1) is 12.0 Å². The van der Waals surface area contributed by atoms with Crippen LogP contribution in [0.3, 0.4) is 0 Å². The van der Waals surface area contributed by atoms with Gasteiger partial charge in [-0.05, 0) is 52.3 Å². The third kappa shape index (κ3) is 2.95. The maximum absolute atomic E-state index is 13.1. The molecule has 0 aliphatic carbocycles. The second kappa shape index (κ2) is 6.79. The first-order valence-electron chi connectivity index (χ1n) is 9.30. The number of hydrogen-bond donors (Lipinski definition) is 0. The summed E-state index contributed by atoms with van der Waals surface area (Å²) in [7, 11) is 1.98. The fourth-order valence-electron chi connectivity index (χ4n) is 4.03. The number of piperidine rings is 1. The molecule has 5 nitrogen and oxygen atoms in total. The van der Waals surface area contributed by atoms with Gasteiger partial charge in [0.15, 0.2) is 0 Å². The Morgan fingerprint density at radius 1 is 1.24 bits per heavy atom. The van der Waals surface area contributed by atoms with E-state index in [2.05, 4.69) is 24.8 Å². The number of nitrogens with zero attached hydrogens (tertiary/aromatic N) is 3. The zero-order valence-electron chi connectivity index (χ0n) is 15.8. The zero-order valence-corrected chi connectivity index (χ0v) is 15.8. The molecule has 0 radical (unpaired) electrons. The molecule has 0 atom stereocenters. The lowest BCUT2D eigenvalue weighted by Gasteiger charge is -2.39. The van der Waals surface area contributed by atoms with E-state index in [4.69, 9.17) is 0 Å². The maximum atomic E-state index is 13.1. The van der Waals surface area contributed by atoms with Gasteiger partial charge >= 0.3 is 0 Å². The number of fused-ring (bicyclic) bond motifs is 2. The lowest BCUT2D eigenvalue weighted by molar-refractivity contribution is -0.136. The lowest BCUT2D eigenvalue weighted by atomic mass is 9.73. The van der Waals surface area contributed by atoms with Crippen LogP contribution >= 0.6 is 0 Å². The molecule has 1 fully saturated rings. The number of para-hydroxylation sites is 1. The molecular formula is C20H29N3O2. The van der Waals surface area contributed by atoms with Crippen LogP contribution in [0, 0.1) is 0 Å². The Hall–Kier alpha value is -1.88. The van der Waals surface area contributed by atoms with E-state index in [1.165, 1.54) is 0 Å². The molecule has 2 amide bonds. The molecule has 1 saturated heterocycles. The highest BCUT2D eigenvalue weighted by Crippen LogP contribution is 2.47. The Morgan fingerprint density at radius 2 is 1.88 bits per heavy atom. The van der Waals surface area contributed by atoms with Crippen molar-refractivity contribution in [2.75, 3.05) is 38.1 Å². The number of anilines is 1. The molecule has 1 aromatic rings. The molecule has 3 rings (SSSR count). The molecule has 1 aromatic carbocycles. The van der Waals surface area contributed by atoms with E-state index in [0.29, 0.717) is 32.2 Å². The molecule has 136 valence electrons. The van der Waals surface area contributed by atoms with Crippen molar-refractivity contribution in [1.29, 1.82) is 0 Å². The smallest absolute Gasteiger partial charge is 0.237 e. The second-order valence-corrected chi connectivity index (χ2v) is 7.54. The monoisotopic (exact) mass is 343 g/mol. The van der Waals surface area contributed by atoms with Crippen LogP contribution in [-0.4, -0.2) is 60.9 Å². The van der Waals surface area contributed by atoms with Crippen molar-refractivity contribution in [1.82, 2.24) is 9.80 Å². The molecule has 2 heterocycles.